The van der Waals surface area contributed by atoms with Gasteiger partial charge in [-0.05, 0) is 110 Å². The van der Waals surface area contributed by atoms with E-state index in [9.17, 15) is 14.7 Å². The summed E-state index contributed by atoms with van der Waals surface area (Å²) in [5, 5.41) is 10.1. The van der Waals surface area contributed by atoms with Gasteiger partial charge in [0.25, 0.3) is 0 Å². The highest BCUT2D eigenvalue weighted by atomic mass is 16.4. The fourth-order valence-electron chi connectivity index (χ4n) is 10.4. The van der Waals surface area contributed by atoms with Crippen molar-refractivity contribution >= 4 is 11.8 Å². The molecule has 0 aromatic rings. The van der Waals surface area contributed by atoms with Gasteiger partial charge in [0, 0.05) is 12.0 Å². The van der Waals surface area contributed by atoms with Crippen LogP contribution in [0.4, 0.5) is 0 Å². The van der Waals surface area contributed by atoms with Crippen LogP contribution in [0.3, 0.4) is 0 Å². The van der Waals surface area contributed by atoms with Gasteiger partial charge in [-0.15, -0.1) is 0 Å². The van der Waals surface area contributed by atoms with E-state index in [-0.39, 0.29) is 45.0 Å². The van der Waals surface area contributed by atoms with Gasteiger partial charge in [0.2, 0.25) is 0 Å². The number of hydrogen-bond donors (Lipinski definition) is 2. The van der Waals surface area contributed by atoms with Crippen molar-refractivity contribution in [2.45, 2.75) is 112 Å². The van der Waals surface area contributed by atoms with Crippen LogP contribution in [0.1, 0.15) is 106 Å². The van der Waals surface area contributed by atoms with E-state index in [2.05, 4.69) is 47.6 Å². The Bertz CT molecular complexity index is 968. The number of carboxylic acid groups (broad SMARTS) is 1. The molecule has 0 aliphatic heterocycles. The molecular weight excluding hydrogens is 422 g/mol. The molecule has 0 radical (unpaired) electrons. The van der Waals surface area contributed by atoms with E-state index in [4.69, 9.17) is 5.73 Å². The number of fused-ring (bicyclic) bond motifs is 7. The van der Waals surface area contributed by atoms with E-state index in [1.165, 1.54) is 5.57 Å². The van der Waals surface area contributed by atoms with Crippen LogP contribution in [0.15, 0.2) is 11.6 Å². The Hall–Kier alpha value is -1.16. The summed E-state index contributed by atoms with van der Waals surface area (Å²) in [5.41, 5.74) is 7.21. The summed E-state index contributed by atoms with van der Waals surface area (Å²) in [4.78, 5) is 26.5. The molecule has 1 unspecified atom stereocenters. The average Bonchev–Trinajstić information content (AvgIpc) is 2.73. The Labute approximate surface area is 206 Å². The summed E-state index contributed by atoms with van der Waals surface area (Å²) in [7, 11) is 0. The molecule has 0 aromatic heterocycles. The first-order valence-electron chi connectivity index (χ1n) is 13.8. The van der Waals surface area contributed by atoms with Crippen molar-refractivity contribution in [3.8, 4) is 0 Å². The lowest BCUT2D eigenvalue weighted by atomic mass is 9.33. The average molecular weight is 470 g/mol. The Morgan fingerprint density at radius 1 is 0.941 bits per heavy atom. The summed E-state index contributed by atoms with van der Waals surface area (Å²) in [5.74, 6) is 0.313. The van der Waals surface area contributed by atoms with Gasteiger partial charge in [0.05, 0.1) is 5.41 Å². The Kier molecular flexibility index (Phi) is 5.04. The van der Waals surface area contributed by atoms with Gasteiger partial charge in [-0.3, -0.25) is 9.59 Å². The molecule has 0 spiro atoms. The van der Waals surface area contributed by atoms with Crippen LogP contribution < -0.4 is 5.73 Å². The fourth-order valence-corrected chi connectivity index (χ4v) is 10.4. The fraction of sp³-hybridized carbons (Fsp3) is 0.867. The Morgan fingerprint density at radius 2 is 1.59 bits per heavy atom. The lowest BCUT2D eigenvalue weighted by Gasteiger charge is -2.70. The highest BCUT2D eigenvalue weighted by molar-refractivity contribution is 5.95. The van der Waals surface area contributed by atoms with Crippen LogP contribution in [0.25, 0.3) is 0 Å². The summed E-state index contributed by atoms with van der Waals surface area (Å²) >= 11 is 0. The van der Waals surface area contributed by atoms with Crippen molar-refractivity contribution in [2.24, 2.45) is 56.0 Å². The Balaban J connectivity index is 1.62. The summed E-state index contributed by atoms with van der Waals surface area (Å²) < 4.78 is 0. The second-order valence-electron chi connectivity index (χ2n) is 15.0. The van der Waals surface area contributed by atoms with Crippen molar-refractivity contribution in [1.29, 1.82) is 0 Å². The van der Waals surface area contributed by atoms with Gasteiger partial charge >= 0.3 is 5.97 Å². The van der Waals surface area contributed by atoms with E-state index in [1.54, 1.807) is 0 Å². The van der Waals surface area contributed by atoms with Crippen molar-refractivity contribution in [3.05, 3.63) is 11.6 Å². The van der Waals surface area contributed by atoms with E-state index in [0.29, 0.717) is 18.1 Å². The number of ketones is 1. The van der Waals surface area contributed by atoms with Crippen LogP contribution in [-0.2, 0) is 9.59 Å². The highest BCUT2D eigenvalue weighted by Crippen LogP contribution is 2.75. The lowest BCUT2D eigenvalue weighted by molar-refractivity contribution is -0.188. The first-order chi connectivity index (χ1) is 15.6. The molecule has 4 nitrogen and oxygen atoms in total. The van der Waals surface area contributed by atoms with Crippen LogP contribution in [0.2, 0.25) is 0 Å². The monoisotopic (exact) mass is 469 g/mol. The first-order valence-corrected chi connectivity index (χ1v) is 13.8. The zero-order valence-electron chi connectivity index (χ0n) is 22.6. The van der Waals surface area contributed by atoms with E-state index in [0.717, 1.165) is 51.4 Å². The van der Waals surface area contributed by atoms with Gasteiger partial charge in [0.1, 0.15) is 0 Å². The molecule has 5 aliphatic rings. The van der Waals surface area contributed by atoms with Gasteiger partial charge in [-0.25, -0.2) is 0 Å². The van der Waals surface area contributed by atoms with Gasteiger partial charge in [-0.2, -0.15) is 0 Å². The van der Waals surface area contributed by atoms with Crippen molar-refractivity contribution in [2.75, 3.05) is 0 Å². The Morgan fingerprint density at radius 3 is 2.24 bits per heavy atom. The summed E-state index contributed by atoms with van der Waals surface area (Å²) in [6, 6.07) is 0.196. The van der Waals surface area contributed by atoms with Crippen LogP contribution in [-0.4, -0.2) is 22.9 Å². The maximum Gasteiger partial charge on any atom is 0.309 e. The van der Waals surface area contributed by atoms with Crippen LogP contribution in [0.5, 0.6) is 0 Å². The van der Waals surface area contributed by atoms with E-state index >= 15 is 0 Å². The smallest absolute Gasteiger partial charge is 0.309 e. The van der Waals surface area contributed by atoms with Crippen LogP contribution >= 0.6 is 0 Å². The maximum atomic E-state index is 14.2. The van der Waals surface area contributed by atoms with E-state index < -0.39 is 11.4 Å². The number of carboxylic acids is 1. The SMILES string of the molecule is CC1(C(=O)O)CC[C@]2(C)CC[C@]3(C)C(=CC(=O)[C@@H]4[C@@]5(C)CC[C@H](N)C(C)(C)[C@@H]5CC[C@]43C)[C@@H]2C1. The molecule has 0 aromatic carbocycles. The minimum atomic E-state index is -0.697. The number of carbonyl (C=O) groups excluding carboxylic acids is 1. The molecule has 34 heavy (non-hydrogen) atoms. The topological polar surface area (TPSA) is 80.4 Å². The maximum absolute atomic E-state index is 14.2. The molecule has 5 rings (SSSR count). The summed E-state index contributed by atoms with van der Waals surface area (Å²) in [6.45, 7) is 16.2. The molecule has 3 N–H and O–H groups in total. The molecule has 5 aliphatic carbocycles. The molecule has 0 saturated heterocycles. The lowest BCUT2D eigenvalue weighted by Crippen LogP contribution is -2.67. The molecule has 0 heterocycles. The number of aliphatic carboxylic acids is 1. The predicted octanol–water partition coefficient (Wildman–Crippen LogP) is 6.38. The summed E-state index contributed by atoms with van der Waals surface area (Å²) in [6.07, 6.45) is 10.9. The van der Waals surface area contributed by atoms with Gasteiger partial charge in [-0.1, -0.05) is 47.1 Å². The zero-order chi connectivity index (χ0) is 25.1. The van der Waals surface area contributed by atoms with Crippen molar-refractivity contribution in [3.63, 3.8) is 0 Å². The number of hydrogen-bond acceptors (Lipinski definition) is 3. The first kappa shape index (κ1) is 24.5. The molecule has 4 fully saturated rings. The molecule has 4 saturated carbocycles. The van der Waals surface area contributed by atoms with Crippen molar-refractivity contribution < 1.29 is 14.7 Å². The molecule has 0 amide bonds. The molecule has 0 bridgehead atoms. The third kappa shape index (κ3) is 2.81. The molecule has 9 atom stereocenters. The van der Waals surface area contributed by atoms with Gasteiger partial charge < -0.3 is 10.8 Å². The number of nitrogens with two attached hydrogens (primary N) is 1. The zero-order valence-corrected chi connectivity index (χ0v) is 22.6. The third-order valence-electron chi connectivity index (χ3n) is 13.2. The van der Waals surface area contributed by atoms with Gasteiger partial charge in [0.15, 0.2) is 5.78 Å². The molecule has 4 heteroatoms. The largest absolute Gasteiger partial charge is 0.481 e. The minimum Gasteiger partial charge on any atom is -0.481 e. The van der Waals surface area contributed by atoms with E-state index in [1.807, 2.05) is 6.92 Å². The third-order valence-corrected chi connectivity index (χ3v) is 13.2. The molecular formula is C30H47NO3. The minimum absolute atomic E-state index is 0.0260. The quantitative estimate of drug-likeness (QED) is 0.467. The molecule has 190 valence electrons. The number of carbonyl (C=O) groups is 2. The normalized spacial score (nSPS) is 54.1. The van der Waals surface area contributed by atoms with Crippen LogP contribution in [0, 0.1) is 50.2 Å². The highest BCUT2D eigenvalue weighted by Gasteiger charge is 2.70. The predicted molar refractivity (Wildman–Crippen MR) is 135 cm³/mol. The van der Waals surface area contributed by atoms with Crippen molar-refractivity contribution in [1.82, 2.24) is 0 Å². The number of allylic oxidation sites excluding steroid dienone is 2. The number of rotatable bonds is 1. The standard InChI is InChI=1S/C30H47NO3/c1-25(2)21-8-11-30(7)23(28(21,5)10-9-22(25)31)20(32)16-18-19-17-27(4,24(33)34)13-12-26(19,3)14-15-29(18,30)6/h16,19,21-23H,8-15,17,31H2,1-7H3,(H,33,34)/t19-,21-,22-,23+,26+,27?,28-,29+,30+/m0/s1. The second-order valence-corrected chi connectivity index (χ2v) is 15.0. The second kappa shape index (κ2) is 6.99.